The van der Waals surface area contributed by atoms with Gasteiger partial charge in [0.25, 0.3) is 5.91 Å². The van der Waals surface area contributed by atoms with Crippen LogP contribution in [0.5, 0.6) is 11.5 Å². The van der Waals surface area contributed by atoms with Gasteiger partial charge in [0.1, 0.15) is 13.2 Å². The van der Waals surface area contributed by atoms with E-state index >= 15 is 0 Å². The lowest BCUT2D eigenvalue weighted by Gasteiger charge is -2.22. The van der Waals surface area contributed by atoms with Crippen molar-refractivity contribution in [3.63, 3.8) is 0 Å². The molecule has 3 N–H and O–H groups in total. The van der Waals surface area contributed by atoms with Crippen molar-refractivity contribution in [1.29, 1.82) is 0 Å². The molecule has 1 amide bonds. The fourth-order valence-electron chi connectivity index (χ4n) is 3.14. The number of ether oxygens (including phenoxy) is 2. The van der Waals surface area contributed by atoms with Crippen molar-refractivity contribution < 1.29 is 24.6 Å². The molecule has 0 aliphatic carbocycles. The number of amides is 1. The number of nitrogens with one attached hydrogen (secondary N) is 1. The summed E-state index contributed by atoms with van der Waals surface area (Å²) in [6, 6.07) is 12.0. The highest BCUT2D eigenvalue weighted by molar-refractivity contribution is 6.10. The molecule has 0 spiro atoms. The molecule has 25 heavy (non-hydrogen) atoms. The first kappa shape index (κ1) is 15.5. The number of carbonyl (C=O) groups is 1. The lowest BCUT2D eigenvalue weighted by Crippen LogP contribution is -2.36. The third-order valence-corrected chi connectivity index (χ3v) is 4.42. The maximum absolute atomic E-state index is 12.3. The Morgan fingerprint density at radius 2 is 1.92 bits per heavy atom. The SMILES string of the molecule is O=C1Nc2ccccc2[C@]1(O)CC(=NO)c1ccc2c(c1)OCCO2. The smallest absolute Gasteiger partial charge is 0.261 e. The fraction of sp³-hybridized carbons (Fsp3) is 0.222. The van der Waals surface area contributed by atoms with E-state index in [1.165, 1.54) is 0 Å². The van der Waals surface area contributed by atoms with Gasteiger partial charge in [0, 0.05) is 23.2 Å². The maximum Gasteiger partial charge on any atom is 0.261 e. The first-order chi connectivity index (χ1) is 12.1. The molecule has 2 aromatic rings. The number of hydrogen-bond donors (Lipinski definition) is 3. The topological polar surface area (TPSA) is 100 Å². The van der Waals surface area contributed by atoms with Gasteiger partial charge >= 0.3 is 0 Å². The monoisotopic (exact) mass is 340 g/mol. The average Bonchev–Trinajstić information content (AvgIpc) is 2.90. The molecule has 0 saturated carbocycles. The first-order valence-corrected chi connectivity index (χ1v) is 7.86. The average molecular weight is 340 g/mol. The zero-order chi connectivity index (χ0) is 17.4. The lowest BCUT2D eigenvalue weighted by atomic mass is 9.87. The number of aliphatic hydroxyl groups is 1. The summed E-state index contributed by atoms with van der Waals surface area (Å²) < 4.78 is 11.0. The number of nitrogens with zero attached hydrogens (tertiary/aromatic N) is 1. The molecule has 2 aliphatic heterocycles. The number of anilines is 1. The molecule has 7 heteroatoms. The highest BCUT2D eigenvalue weighted by Gasteiger charge is 2.46. The van der Waals surface area contributed by atoms with Crippen molar-refractivity contribution in [3.8, 4) is 11.5 Å². The summed E-state index contributed by atoms with van der Waals surface area (Å²) >= 11 is 0. The van der Waals surface area contributed by atoms with Crippen molar-refractivity contribution in [2.45, 2.75) is 12.0 Å². The molecular weight excluding hydrogens is 324 g/mol. The van der Waals surface area contributed by atoms with E-state index < -0.39 is 11.5 Å². The van der Waals surface area contributed by atoms with Crippen molar-refractivity contribution in [2.75, 3.05) is 18.5 Å². The summed E-state index contributed by atoms with van der Waals surface area (Å²) in [5, 5.41) is 26.4. The zero-order valence-corrected chi connectivity index (χ0v) is 13.2. The number of rotatable bonds is 3. The van der Waals surface area contributed by atoms with Crippen LogP contribution >= 0.6 is 0 Å². The molecule has 0 aromatic heterocycles. The summed E-state index contributed by atoms with van der Waals surface area (Å²) in [5.74, 6) is 0.593. The standard InChI is InChI=1S/C18H16N2O5/c21-17-18(22,12-3-1-2-4-13(12)19-17)10-14(20-23)11-5-6-15-16(9-11)25-8-7-24-15/h1-6,9,22-23H,7-8,10H2,(H,19,21)/t18-/m1/s1. The molecule has 2 aliphatic rings. The van der Waals surface area contributed by atoms with Crippen molar-refractivity contribution >= 4 is 17.3 Å². The number of oxime groups is 1. The highest BCUT2D eigenvalue weighted by Crippen LogP contribution is 2.39. The molecule has 0 fully saturated rings. The molecule has 0 saturated heterocycles. The van der Waals surface area contributed by atoms with Crippen LogP contribution in [0.4, 0.5) is 5.69 Å². The van der Waals surface area contributed by atoms with Crippen LogP contribution < -0.4 is 14.8 Å². The molecule has 1 atom stereocenters. The molecule has 2 heterocycles. The third kappa shape index (κ3) is 2.49. The Balaban J connectivity index is 1.68. The number of hydrogen-bond acceptors (Lipinski definition) is 6. The molecule has 4 rings (SSSR count). The molecule has 2 aromatic carbocycles. The van der Waals surface area contributed by atoms with Crippen LogP contribution in [0.1, 0.15) is 17.5 Å². The van der Waals surface area contributed by atoms with Crippen LogP contribution in [0.15, 0.2) is 47.6 Å². The van der Waals surface area contributed by atoms with Gasteiger partial charge in [-0.15, -0.1) is 0 Å². The minimum absolute atomic E-state index is 0.173. The van der Waals surface area contributed by atoms with Crippen LogP contribution in [0.3, 0.4) is 0 Å². The largest absolute Gasteiger partial charge is 0.486 e. The quantitative estimate of drug-likeness (QED) is 0.450. The van der Waals surface area contributed by atoms with Crippen molar-refractivity contribution in [3.05, 3.63) is 53.6 Å². The van der Waals surface area contributed by atoms with E-state index in [4.69, 9.17) is 9.47 Å². The van der Waals surface area contributed by atoms with E-state index in [-0.39, 0.29) is 12.1 Å². The summed E-state index contributed by atoms with van der Waals surface area (Å²) in [4.78, 5) is 12.3. The van der Waals surface area contributed by atoms with Gasteiger partial charge in [-0.05, 0) is 24.3 Å². The Morgan fingerprint density at radius 3 is 2.72 bits per heavy atom. The minimum Gasteiger partial charge on any atom is -0.486 e. The predicted molar refractivity (Wildman–Crippen MR) is 89.3 cm³/mol. The van der Waals surface area contributed by atoms with Crippen LogP contribution in [0.25, 0.3) is 0 Å². The lowest BCUT2D eigenvalue weighted by molar-refractivity contribution is -0.132. The van der Waals surface area contributed by atoms with Crippen LogP contribution in [0.2, 0.25) is 0 Å². The summed E-state index contributed by atoms with van der Waals surface area (Å²) in [7, 11) is 0. The number of benzene rings is 2. The Kier molecular flexibility index (Phi) is 3.58. The van der Waals surface area contributed by atoms with Crippen LogP contribution in [-0.4, -0.2) is 35.1 Å². The molecular formula is C18H16N2O5. The van der Waals surface area contributed by atoms with Gasteiger partial charge in [-0.1, -0.05) is 23.4 Å². The number of carbonyl (C=O) groups excluding carboxylic acids is 1. The van der Waals surface area contributed by atoms with Gasteiger partial charge in [-0.3, -0.25) is 4.79 Å². The van der Waals surface area contributed by atoms with Gasteiger partial charge in [0.15, 0.2) is 17.1 Å². The Hall–Kier alpha value is -3.06. The van der Waals surface area contributed by atoms with Gasteiger partial charge in [0.05, 0.1) is 5.71 Å². The second kappa shape index (κ2) is 5.78. The Morgan fingerprint density at radius 1 is 1.16 bits per heavy atom. The summed E-state index contributed by atoms with van der Waals surface area (Å²) in [6.07, 6.45) is -0.175. The normalized spacial score (nSPS) is 21.6. The van der Waals surface area contributed by atoms with Crippen LogP contribution in [0, 0.1) is 0 Å². The van der Waals surface area contributed by atoms with Gasteiger partial charge < -0.3 is 25.1 Å². The predicted octanol–water partition coefficient (Wildman–Crippen LogP) is 1.87. The fourth-order valence-corrected chi connectivity index (χ4v) is 3.14. The van der Waals surface area contributed by atoms with Crippen LogP contribution in [-0.2, 0) is 10.4 Å². The van der Waals surface area contributed by atoms with Gasteiger partial charge in [-0.2, -0.15) is 0 Å². The highest BCUT2D eigenvalue weighted by atomic mass is 16.6. The molecule has 0 unspecified atom stereocenters. The second-order valence-corrected chi connectivity index (χ2v) is 5.94. The summed E-state index contributed by atoms with van der Waals surface area (Å²) in [6.45, 7) is 0.909. The van der Waals surface area contributed by atoms with E-state index in [0.717, 1.165) is 0 Å². The Labute approximate surface area is 143 Å². The second-order valence-electron chi connectivity index (χ2n) is 5.94. The number of para-hydroxylation sites is 1. The molecule has 0 radical (unpaired) electrons. The minimum atomic E-state index is -1.80. The van der Waals surface area contributed by atoms with E-state index in [2.05, 4.69) is 10.5 Å². The summed E-state index contributed by atoms with van der Waals surface area (Å²) in [5.41, 5.74) is -0.0809. The molecule has 128 valence electrons. The molecule has 0 bridgehead atoms. The zero-order valence-electron chi connectivity index (χ0n) is 13.2. The van der Waals surface area contributed by atoms with E-state index in [0.29, 0.717) is 41.5 Å². The van der Waals surface area contributed by atoms with Crippen molar-refractivity contribution in [1.82, 2.24) is 0 Å². The first-order valence-electron chi connectivity index (χ1n) is 7.86. The van der Waals surface area contributed by atoms with Gasteiger partial charge in [0.2, 0.25) is 0 Å². The maximum atomic E-state index is 12.3. The van der Waals surface area contributed by atoms with Gasteiger partial charge in [-0.25, -0.2) is 0 Å². The Bertz CT molecular complexity index is 880. The van der Waals surface area contributed by atoms with Crippen molar-refractivity contribution in [2.24, 2.45) is 5.16 Å². The van der Waals surface area contributed by atoms with E-state index in [1.807, 2.05) is 0 Å². The third-order valence-electron chi connectivity index (χ3n) is 4.42. The number of fused-ring (bicyclic) bond motifs is 2. The van der Waals surface area contributed by atoms with E-state index in [9.17, 15) is 15.1 Å². The van der Waals surface area contributed by atoms with E-state index in [1.54, 1.807) is 42.5 Å². The molecule has 7 nitrogen and oxygen atoms in total.